The largest absolute Gasteiger partial charge is 0.453 e. The van der Waals surface area contributed by atoms with Crippen molar-refractivity contribution in [3.05, 3.63) is 0 Å². The number of amides is 1. The van der Waals surface area contributed by atoms with Gasteiger partial charge in [-0.25, -0.2) is 4.79 Å². The van der Waals surface area contributed by atoms with Crippen LogP contribution >= 0.6 is 0 Å². The molecule has 0 aromatic carbocycles. The lowest BCUT2D eigenvalue weighted by Gasteiger charge is -2.29. The molecule has 0 heterocycles. The summed E-state index contributed by atoms with van der Waals surface area (Å²) < 4.78 is 10.1. The molecule has 1 N–H and O–H groups in total. The molecule has 0 fully saturated rings. The van der Waals surface area contributed by atoms with E-state index in [0.717, 1.165) is 0 Å². The van der Waals surface area contributed by atoms with Gasteiger partial charge in [0.05, 0.1) is 18.8 Å². The first-order chi connectivity index (χ1) is 7.17. The number of methoxy groups -OCH3 is 1. The standard InChI is InChI=1S/C11H21NO4/c1-7(13)9(12-10(14)15-6)8(2)16-11(3,4)5/h8-9H,1-6H3,(H,12,14)/t8?,9-/m1/s1. The Balaban J connectivity index is 4.53. The van der Waals surface area contributed by atoms with Gasteiger partial charge >= 0.3 is 6.09 Å². The minimum atomic E-state index is -0.688. The normalized spacial score (nSPS) is 15.1. The molecular formula is C11H21NO4. The first-order valence-electron chi connectivity index (χ1n) is 5.20. The Hall–Kier alpha value is -1.10. The molecule has 0 aliphatic carbocycles. The van der Waals surface area contributed by atoms with Crippen molar-refractivity contribution < 1.29 is 19.1 Å². The van der Waals surface area contributed by atoms with Crippen LogP contribution in [-0.2, 0) is 14.3 Å². The van der Waals surface area contributed by atoms with Gasteiger partial charge < -0.3 is 14.8 Å². The quantitative estimate of drug-likeness (QED) is 0.796. The van der Waals surface area contributed by atoms with E-state index < -0.39 is 18.2 Å². The Bertz CT molecular complexity index is 257. The molecule has 1 unspecified atom stereocenters. The van der Waals surface area contributed by atoms with Crippen LogP contribution in [0.15, 0.2) is 0 Å². The molecule has 0 aromatic heterocycles. The van der Waals surface area contributed by atoms with Crippen LogP contribution in [0.4, 0.5) is 4.79 Å². The number of ketones is 1. The molecule has 0 aliphatic heterocycles. The Kier molecular flexibility index (Phi) is 5.44. The lowest BCUT2D eigenvalue weighted by atomic mass is 10.1. The van der Waals surface area contributed by atoms with Crippen LogP contribution in [0.5, 0.6) is 0 Å². The van der Waals surface area contributed by atoms with E-state index in [0.29, 0.717) is 0 Å². The van der Waals surface area contributed by atoms with Crippen molar-refractivity contribution in [3.8, 4) is 0 Å². The zero-order chi connectivity index (χ0) is 12.9. The molecule has 0 saturated heterocycles. The molecule has 0 rings (SSSR count). The molecule has 0 aromatic rings. The summed E-state index contributed by atoms with van der Waals surface area (Å²) in [5.74, 6) is -0.165. The van der Waals surface area contributed by atoms with E-state index in [2.05, 4.69) is 10.1 Å². The molecule has 2 atom stereocenters. The van der Waals surface area contributed by atoms with Gasteiger partial charge in [-0.2, -0.15) is 0 Å². The number of ether oxygens (including phenoxy) is 2. The Morgan fingerprint density at radius 3 is 2.06 bits per heavy atom. The Morgan fingerprint density at radius 2 is 1.75 bits per heavy atom. The predicted octanol–water partition coefficient (Wildman–Crippen LogP) is 1.50. The van der Waals surface area contributed by atoms with Crippen molar-refractivity contribution in [2.24, 2.45) is 0 Å². The maximum Gasteiger partial charge on any atom is 0.407 e. The molecule has 0 bridgehead atoms. The average molecular weight is 231 g/mol. The van der Waals surface area contributed by atoms with E-state index >= 15 is 0 Å². The van der Waals surface area contributed by atoms with Gasteiger partial charge in [-0.3, -0.25) is 4.79 Å². The lowest BCUT2D eigenvalue weighted by Crippen LogP contribution is -2.49. The van der Waals surface area contributed by atoms with Gasteiger partial charge in [0.2, 0.25) is 0 Å². The second-order valence-electron chi connectivity index (χ2n) is 4.66. The number of Topliss-reactive ketones (excluding diaryl/α,β-unsaturated/α-hetero) is 1. The highest BCUT2D eigenvalue weighted by atomic mass is 16.5. The van der Waals surface area contributed by atoms with Gasteiger partial charge in [-0.05, 0) is 34.6 Å². The summed E-state index contributed by atoms with van der Waals surface area (Å²) in [5.41, 5.74) is -0.370. The third-order valence-corrected chi connectivity index (χ3v) is 1.91. The Morgan fingerprint density at radius 1 is 1.25 bits per heavy atom. The van der Waals surface area contributed by atoms with Gasteiger partial charge in [0.1, 0.15) is 6.04 Å². The molecule has 0 aliphatic rings. The summed E-state index contributed by atoms with van der Waals surface area (Å²) in [5, 5.41) is 2.45. The summed E-state index contributed by atoms with van der Waals surface area (Å²) >= 11 is 0. The molecule has 1 amide bonds. The summed E-state index contributed by atoms with van der Waals surface area (Å²) in [6.07, 6.45) is -1.04. The van der Waals surface area contributed by atoms with E-state index in [1.807, 2.05) is 20.8 Å². The summed E-state index contributed by atoms with van der Waals surface area (Å²) in [4.78, 5) is 22.4. The highest BCUT2D eigenvalue weighted by molar-refractivity contribution is 5.85. The maximum atomic E-state index is 11.4. The number of carbonyl (C=O) groups excluding carboxylic acids is 2. The zero-order valence-corrected chi connectivity index (χ0v) is 10.8. The van der Waals surface area contributed by atoms with Gasteiger partial charge in [0.25, 0.3) is 0 Å². The van der Waals surface area contributed by atoms with Gasteiger partial charge in [-0.15, -0.1) is 0 Å². The number of carbonyl (C=O) groups is 2. The van der Waals surface area contributed by atoms with E-state index in [1.54, 1.807) is 6.92 Å². The summed E-state index contributed by atoms with van der Waals surface area (Å²) in [7, 11) is 1.25. The molecule has 5 heteroatoms. The lowest BCUT2D eigenvalue weighted by molar-refractivity contribution is -0.126. The fourth-order valence-electron chi connectivity index (χ4n) is 1.36. The molecule has 5 nitrogen and oxygen atoms in total. The summed E-state index contributed by atoms with van der Waals surface area (Å²) in [6, 6.07) is -0.688. The third kappa shape index (κ3) is 5.70. The van der Waals surface area contributed by atoms with E-state index in [9.17, 15) is 9.59 Å². The second-order valence-corrected chi connectivity index (χ2v) is 4.66. The number of rotatable bonds is 4. The monoisotopic (exact) mass is 231 g/mol. The van der Waals surface area contributed by atoms with E-state index in [4.69, 9.17) is 4.74 Å². The number of nitrogens with one attached hydrogen (secondary N) is 1. The highest BCUT2D eigenvalue weighted by Crippen LogP contribution is 2.13. The van der Waals surface area contributed by atoms with Crippen molar-refractivity contribution in [1.82, 2.24) is 5.32 Å². The fourth-order valence-corrected chi connectivity index (χ4v) is 1.36. The van der Waals surface area contributed by atoms with Crippen LogP contribution in [0.25, 0.3) is 0 Å². The minimum Gasteiger partial charge on any atom is -0.453 e. The van der Waals surface area contributed by atoms with Crippen molar-refractivity contribution in [2.75, 3.05) is 7.11 Å². The third-order valence-electron chi connectivity index (χ3n) is 1.91. The van der Waals surface area contributed by atoms with E-state index in [1.165, 1.54) is 14.0 Å². The zero-order valence-electron chi connectivity index (χ0n) is 10.8. The van der Waals surface area contributed by atoms with Crippen LogP contribution in [-0.4, -0.2) is 36.7 Å². The molecule has 0 saturated carbocycles. The molecule has 0 radical (unpaired) electrons. The highest BCUT2D eigenvalue weighted by Gasteiger charge is 2.28. The number of hydrogen-bond acceptors (Lipinski definition) is 4. The van der Waals surface area contributed by atoms with Gasteiger partial charge in [0.15, 0.2) is 5.78 Å². The minimum absolute atomic E-state index is 0.165. The average Bonchev–Trinajstić information content (AvgIpc) is 2.09. The van der Waals surface area contributed by atoms with Crippen LogP contribution in [0.1, 0.15) is 34.6 Å². The Labute approximate surface area is 96.5 Å². The van der Waals surface area contributed by atoms with E-state index in [-0.39, 0.29) is 11.4 Å². The smallest absolute Gasteiger partial charge is 0.407 e. The fraction of sp³-hybridized carbons (Fsp3) is 0.818. The molecule has 0 spiro atoms. The number of alkyl carbamates (subject to hydrolysis) is 1. The predicted molar refractivity (Wildman–Crippen MR) is 60.3 cm³/mol. The number of hydrogen-bond donors (Lipinski definition) is 1. The van der Waals surface area contributed by atoms with Crippen molar-refractivity contribution in [1.29, 1.82) is 0 Å². The van der Waals surface area contributed by atoms with Crippen LogP contribution < -0.4 is 5.32 Å². The topological polar surface area (TPSA) is 64.6 Å². The summed E-state index contributed by atoms with van der Waals surface area (Å²) in [6.45, 7) is 8.81. The SMILES string of the molecule is COC(=O)N[C@H](C(C)=O)C(C)OC(C)(C)C. The first kappa shape index (κ1) is 14.9. The molecular weight excluding hydrogens is 210 g/mol. The first-order valence-corrected chi connectivity index (χ1v) is 5.20. The van der Waals surface area contributed by atoms with Crippen LogP contribution in [0, 0.1) is 0 Å². The van der Waals surface area contributed by atoms with Crippen LogP contribution in [0.2, 0.25) is 0 Å². The van der Waals surface area contributed by atoms with Crippen molar-refractivity contribution >= 4 is 11.9 Å². The van der Waals surface area contributed by atoms with Crippen molar-refractivity contribution in [3.63, 3.8) is 0 Å². The maximum absolute atomic E-state index is 11.4. The van der Waals surface area contributed by atoms with Gasteiger partial charge in [0, 0.05) is 0 Å². The molecule has 16 heavy (non-hydrogen) atoms. The van der Waals surface area contributed by atoms with Crippen LogP contribution in [0.3, 0.4) is 0 Å². The van der Waals surface area contributed by atoms with Crippen molar-refractivity contribution in [2.45, 2.75) is 52.4 Å². The molecule has 94 valence electrons. The second kappa shape index (κ2) is 5.84. The van der Waals surface area contributed by atoms with Gasteiger partial charge in [-0.1, -0.05) is 0 Å².